The highest BCUT2D eigenvalue weighted by molar-refractivity contribution is 5.82. The molecule has 1 aromatic carbocycles. The summed E-state index contributed by atoms with van der Waals surface area (Å²) in [4.78, 5) is 26.1. The van der Waals surface area contributed by atoms with Crippen molar-refractivity contribution >= 4 is 16.9 Å². The maximum atomic E-state index is 12.9. The lowest BCUT2D eigenvalue weighted by molar-refractivity contribution is 0.0736. The van der Waals surface area contributed by atoms with Gasteiger partial charge in [0, 0.05) is 36.9 Å². The fraction of sp³-hybridized carbons (Fsp3) is 0.280. The molecule has 0 saturated carbocycles. The number of ether oxygens (including phenoxy) is 1. The second-order valence-electron chi connectivity index (χ2n) is 8.75. The predicted octanol–water partition coefficient (Wildman–Crippen LogP) is 4.23. The summed E-state index contributed by atoms with van der Waals surface area (Å²) in [5.41, 5.74) is 1.03. The minimum Gasteiger partial charge on any atom is -0.457 e. The third kappa shape index (κ3) is 4.85. The summed E-state index contributed by atoms with van der Waals surface area (Å²) in [6.45, 7) is 7.33. The highest BCUT2D eigenvalue weighted by Gasteiger charge is 2.18. The van der Waals surface area contributed by atoms with E-state index in [0.29, 0.717) is 34.4 Å². The molecule has 0 radical (unpaired) electrons. The number of pyridine rings is 2. The smallest absolute Gasteiger partial charge is 0.264 e. The largest absolute Gasteiger partial charge is 0.457 e. The van der Waals surface area contributed by atoms with Crippen LogP contribution in [-0.4, -0.2) is 30.7 Å². The number of aliphatic hydroxyl groups is 1. The van der Waals surface area contributed by atoms with Crippen LogP contribution in [0.1, 0.15) is 33.4 Å². The molecule has 8 nitrogen and oxygen atoms in total. The third-order valence-electron chi connectivity index (χ3n) is 5.12. The number of fused-ring (bicyclic) bond motifs is 1. The molecule has 0 aliphatic carbocycles. The zero-order valence-corrected chi connectivity index (χ0v) is 19.3. The van der Waals surface area contributed by atoms with Gasteiger partial charge >= 0.3 is 0 Å². The lowest BCUT2D eigenvalue weighted by atomic mass is 10.0. The lowest BCUT2D eigenvalue weighted by Crippen LogP contribution is -2.25. The molecule has 0 aliphatic heterocycles. The Morgan fingerprint density at radius 2 is 1.82 bits per heavy atom. The Bertz CT molecular complexity index is 1370. The molecule has 0 atom stereocenters. The zero-order valence-electron chi connectivity index (χ0n) is 19.3. The third-order valence-corrected chi connectivity index (χ3v) is 5.12. The SMILES string of the molecule is CC(C)Nc1ncc(-c2ccc3cc(Oc4ccnc(C(C)(C)O)c4)ccc3n2)c(=O)n1C. The van der Waals surface area contributed by atoms with Crippen LogP contribution in [0.15, 0.2) is 59.7 Å². The van der Waals surface area contributed by atoms with Crippen LogP contribution in [0.2, 0.25) is 0 Å². The van der Waals surface area contributed by atoms with Gasteiger partial charge < -0.3 is 15.2 Å². The van der Waals surface area contributed by atoms with Crippen molar-refractivity contribution in [3.05, 3.63) is 70.9 Å². The number of benzene rings is 1. The van der Waals surface area contributed by atoms with Gasteiger partial charge in [-0.3, -0.25) is 14.3 Å². The second kappa shape index (κ2) is 8.63. The van der Waals surface area contributed by atoms with Gasteiger partial charge in [0.05, 0.1) is 22.5 Å². The minimum absolute atomic E-state index is 0.165. The highest BCUT2D eigenvalue weighted by Crippen LogP contribution is 2.28. The van der Waals surface area contributed by atoms with Crippen molar-refractivity contribution < 1.29 is 9.84 Å². The van der Waals surface area contributed by atoms with E-state index in [1.54, 1.807) is 51.5 Å². The molecule has 0 unspecified atom stereocenters. The van der Waals surface area contributed by atoms with Gasteiger partial charge in [0.25, 0.3) is 5.56 Å². The van der Waals surface area contributed by atoms with Crippen LogP contribution in [0.25, 0.3) is 22.2 Å². The van der Waals surface area contributed by atoms with Crippen LogP contribution < -0.4 is 15.6 Å². The second-order valence-corrected chi connectivity index (χ2v) is 8.75. The molecule has 0 bridgehead atoms. The van der Waals surface area contributed by atoms with Gasteiger partial charge in [-0.2, -0.15) is 0 Å². The van der Waals surface area contributed by atoms with Crippen molar-refractivity contribution in [1.82, 2.24) is 19.5 Å². The zero-order chi connectivity index (χ0) is 23.8. The number of aromatic nitrogens is 4. The van der Waals surface area contributed by atoms with E-state index in [4.69, 9.17) is 4.74 Å². The number of nitrogens with one attached hydrogen (secondary N) is 1. The molecule has 4 rings (SSSR count). The molecule has 33 heavy (non-hydrogen) atoms. The molecule has 0 saturated heterocycles. The van der Waals surface area contributed by atoms with Gasteiger partial charge in [-0.15, -0.1) is 0 Å². The molecular weight excluding hydrogens is 418 g/mol. The molecule has 2 N–H and O–H groups in total. The van der Waals surface area contributed by atoms with Gasteiger partial charge in [0.1, 0.15) is 17.1 Å². The van der Waals surface area contributed by atoms with Crippen LogP contribution in [0.5, 0.6) is 11.5 Å². The number of nitrogens with zero attached hydrogens (tertiary/aromatic N) is 4. The maximum absolute atomic E-state index is 12.9. The minimum atomic E-state index is -1.06. The summed E-state index contributed by atoms with van der Waals surface area (Å²) in [6, 6.07) is 12.9. The van der Waals surface area contributed by atoms with Crippen molar-refractivity contribution in [3.8, 4) is 22.8 Å². The highest BCUT2D eigenvalue weighted by atomic mass is 16.5. The van der Waals surface area contributed by atoms with E-state index < -0.39 is 5.60 Å². The first-order chi connectivity index (χ1) is 15.6. The molecule has 0 amide bonds. The summed E-state index contributed by atoms with van der Waals surface area (Å²) in [7, 11) is 1.69. The molecular formula is C25H27N5O3. The normalized spacial score (nSPS) is 11.7. The Balaban J connectivity index is 1.63. The molecule has 170 valence electrons. The molecule has 4 aromatic rings. The first-order valence-corrected chi connectivity index (χ1v) is 10.7. The average Bonchev–Trinajstić information content (AvgIpc) is 2.76. The Labute approximate surface area is 191 Å². The van der Waals surface area contributed by atoms with Gasteiger partial charge in [0.2, 0.25) is 5.95 Å². The Hall–Kier alpha value is -3.78. The molecule has 0 aliphatic rings. The summed E-state index contributed by atoms with van der Waals surface area (Å²) in [5.74, 6) is 1.73. The van der Waals surface area contributed by atoms with Gasteiger partial charge in [0.15, 0.2) is 0 Å². The number of hydrogen-bond acceptors (Lipinski definition) is 7. The van der Waals surface area contributed by atoms with Crippen molar-refractivity contribution in [2.75, 3.05) is 5.32 Å². The van der Waals surface area contributed by atoms with Crippen molar-refractivity contribution in [1.29, 1.82) is 0 Å². The van der Waals surface area contributed by atoms with Crippen molar-refractivity contribution in [2.24, 2.45) is 7.05 Å². The van der Waals surface area contributed by atoms with Gasteiger partial charge in [-0.1, -0.05) is 6.07 Å². The van der Waals surface area contributed by atoms with Gasteiger partial charge in [-0.25, -0.2) is 9.97 Å². The monoisotopic (exact) mass is 445 g/mol. The van der Waals surface area contributed by atoms with Crippen LogP contribution in [0.4, 0.5) is 5.95 Å². The number of anilines is 1. The van der Waals surface area contributed by atoms with E-state index in [-0.39, 0.29) is 11.6 Å². The average molecular weight is 446 g/mol. The van der Waals surface area contributed by atoms with Crippen molar-refractivity contribution in [2.45, 2.75) is 39.3 Å². The maximum Gasteiger partial charge on any atom is 0.264 e. The van der Waals surface area contributed by atoms with E-state index >= 15 is 0 Å². The topological polar surface area (TPSA) is 102 Å². The lowest BCUT2D eigenvalue weighted by Gasteiger charge is -2.17. The number of rotatable bonds is 6. The first kappa shape index (κ1) is 22.4. The molecule has 0 fully saturated rings. The Kier molecular flexibility index (Phi) is 5.86. The molecule has 8 heteroatoms. The standard InChI is InChI=1S/C25H27N5O3/c1-15(2)28-24-27-14-19(23(31)30(24)5)21-8-6-16-12-17(7-9-20(16)29-21)33-18-10-11-26-22(13-18)25(3,4)32/h6-15,32H,1-5H3,(H,27,28). The molecule has 0 spiro atoms. The summed E-state index contributed by atoms with van der Waals surface area (Å²) < 4.78 is 7.46. The fourth-order valence-electron chi connectivity index (χ4n) is 3.37. The number of hydrogen-bond donors (Lipinski definition) is 2. The predicted molar refractivity (Wildman–Crippen MR) is 129 cm³/mol. The Morgan fingerprint density at radius 1 is 1.06 bits per heavy atom. The van der Waals surface area contributed by atoms with Gasteiger partial charge in [-0.05, 0) is 58.0 Å². The van der Waals surface area contributed by atoms with E-state index in [1.165, 1.54) is 4.57 Å². The summed E-state index contributed by atoms with van der Waals surface area (Å²) in [5, 5.41) is 14.2. The van der Waals surface area contributed by atoms with E-state index in [9.17, 15) is 9.90 Å². The van der Waals surface area contributed by atoms with Crippen LogP contribution in [0, 0.1) is 0 Å². The van der Waals surface area contributed by atoms with E-state index in [2.05, 4.69) is 20.3 Å². The van der Waals surface area contributed by atoms with E-state index in [0.717, 1.165) is 10.9 Å². The van der Waals surface area contributed by atoms with Crippen molar-refractivity contribution in [3.63, 3.8) is 0 Å². The summed E-state index contributed by atoms with van der Waals surface area (Å²) in [6.07, 6.45) is 3.16. The van der Waals surface area contributed by atoms with Crippen LogP contribution in [-0.2, 0) is 12.6 Å². The summed E-state index contributed by atoms with van der Waals surface area (Å²) >= 11 is 0. The van der Waals surface area contributed by atoms with Crippen LogP contribution >= 0.6 is 0 Å². The fourth-order valence-corrected chi connectivity index (χ4v) is 3.37. The van der Waals surface area contributed by atoms with E-state index in [1.807, 2.05) is 38.1 Å². The Morgan fingerprint density at radius 3 is 2.55 bits per heavy atom. The van der Waals surface area contributed by atoms with Crippen LogP contribution in [0.3, 0.4) is 0 Å². The molecule has 3 heterocycles. The first-order valence-electron chi connectivity index (χ1n) is 10.7. The quantitative estimate of drug-likeness (QED) is 0.458. The molecule has 3 aromatic heterocycles.